The lowest BCUT2D eigenvalue weighted by Gasteiger charge is -2.32. The number of ether oxygens (including phenoxy) is 1. The molecule has 10 rings (SSSR count). The number of anilines is 2. The van der Waals surface area contributed by atoms with E-state index in [4.69, 9.17) is 26.3 Å². The van der Waals surface area contributed by atoms with E-state index in [1.54, 1.807) is 6.07 Å². The minimum atomic E-state index is -0.617. The van der Waals surface area contributed by atoms with Crippen LogP contribution in [-0.4, -0.2) is 91.2 Å². The monoisotopic (exact) mass is 904 g/mol. The van der Waals surface area contributed by atoms with Crippen LogP contribution in [0.25, 0.3) is 11.1 Å². The molecule has 0 atom stereocenters. The fourth-order valence-corrected chi connectivity index (χ4v) is 13.5. The summed E-state index contributed by atoms with van der Waals surface area (Å²) in [6.07, 6.45) is 14.8. The van der Waals surface area contributed by atoms with Crippen molar-refractivity contribution in [1.82, 2.24) is 28.9 Å². The normalized spacial score (nSPS) is 27.0. The maximum absolute atomic E-state index is 13.9. The molecule has 4 bridgehead atoms. The van der Waals surface area contributed by atoms with E-state index in [1.165, 1.54) is 38.5 Å². The van der Waals surface area contributed by atoms with Crippen LogP contribution in [0.3, 0.4) is 0 Å². The molecule has 3 N–H and O–H groups in total. The zero-order valence-electron chi connectivity index (χ0n) is 38.7. The molecule has 4 aliphatic carbocycles. The summed E-state index contributed by atoms with van der Waals surface area (Å²) in [5.74, 6) is -0.462. The van der Waals surface area contributed by atoms with Crippen LogP contribution in [0.2, 0.25) is 5.02 Å². The molecule has 13 nitrogen and oxygen atoms in total. The van der Waals surface area contributed by atoms with Crippen molar-refractivity contribution >= 4 is 40.8 Å². The molecule has 0 unspecified atom stereocenters. The highest BCUT2D eigenvalue weighted by Crippen LogP contribution is 2.64. The molecular formula is C51H65ClN8O5. The van der Waals surface area contributed by atoms with E-state index < -0.39 is 11.4 Å². The number of aromatic nitrogens is 4. The van der Waals surface area contributed by atoms with Gasteiger partial charge in [0.15, 0.2) is 11.6 Å². The first-order valence-electron chi connectivity index (χ1n) is 24.1. The van der Waals surface area contributed by atoms with Crippen LogP contribution in [0.1, 0.15) is 134 Å². The minimum Gasteiger partial charge on any atom is -0.481 e. The number of nitrogens with one attached hydrogen (secondary N) is 2. The fourth-order valence-electron chi connectivity index (χ4n) is 13.3. The third-order valence-electron chi connectivity index (χ3n) is 17.3. The Morgan fingerprint density at radius 3 is 1.78 bits per heavy atom. The van der Waals surface area contributed by atoms with Gasteiger partial charge in [0.25, 0.3) is 11.8 Å². The quantitative estimate of drug-likeness (QED) is 0.107. The van der Waals surface area contributed by atoms with Gasteiger partial charge in [-0.15, -0.1) is 0 Å². The molecule has 4 fully saturated rings. The third-order valence-corrected chi connectivity index (χ3v) is 17.7. The number of hydrogen-bond acceptors (Lipinski definition) is 8. The second-order valence-electron chi connectivity index (χ2n) is 21.0. The Balaban J connectivity index is 0.771. The van der Waals surface area contributed by atoms with Crippen LogP contribution in [-0.2, 0) is 49.6 Å². The van der Waals surface area contributed by atoms with Crippen LogP contribution in [0, 0.1) is 28.6 Å². The van der Waals surface area contributed by atoms with Crippen molar-refractivity contribution in [3.63, 3.8) is 0 Å². The minimum absolute atomic E-state index is 0.144. The lowest BCUT2D eigenvalue weighted by Crippen LogP contribution is -2.34. The summed E-state index contributed by atoms with van der Waals surface area (Å²) in [4.78, 5) is 54.5. The van der Waals surface area contributed by atoms with Gasteiger partial charge in [0.05, 0.1) is 34.1 Å². The van der Waals surface area contributed by atoms with Crippen LogP contribution >= 0.6 is 11.6 Å². The zero-order chi connectivity index (χ0) is 45.3. The first-order chi connectivity index (χ1) is 31.2. The number of carboxylic acid groups (broad SMARTS) is 1. The van der Waals surface area contributed by atoms with Gasteiger partial charge in [-0.05, 0) is 143 Å². The Hall–Kier alpha value is -4.56. The summed E-state index contributed by atoms with van der Waals surface area (Å²) < 4.78 is 9.77. The highest BCUT2D eigenvalue weighted by molar-refractivity contribution is 6.36. The molecule has 4 heterocycles. The lowest BCUT2D eigenvalue weighted by atomic mass is 9.80. The highest BCUT2D eigenvalue weighted by atomic mass is 35.5. The van der Waals surface area contributed by atoms with Crippen molar-refractivity contribution in [2.45, 2.75) is 117 Å². The molecule has 346 valence electrons. The second-order valence-corrected chi connectivity index (χ2v) is 21.3. The summed E-state index contributed by atoms with van der Waals surface area (Å²) in [5.41, 5.74) is 8.15. The van der Waals surface area contributed by atoms with Crippen LogP contribution in [0.15, 0.2) is 36.4 Å². The van der Waals surface area contributed by atoms with Crippen LogP contribution in [0.5, 0.6) is 0 Å². The molecule has 14 heteroatoms. The summed E-state index contributed by atoms with van der Waals surface area (Å²) in [6, 6.07) is 11.4. The average Bonchev–Trinajstić information content (AvgIpc) is 4.17. The number of hydrogen-bond donors (Lipinski definition) is 3. The van der Waals surface area contributed by atoms with Gasteiger partial charge >= 0.3 is 5.97 Å². The van der Waals surface area contributed by atoms with Gasteiger partial charge in [0, 0.05) is 82.4 Å². The molecule has 2 aromatic heterocycles. The Bertz CT molecular complexity index is 2530. The molecule has 0 saturated heterocycles. The summed E-state index contributed by atoms with van der Waals surface area (Å²) in [7, 11) is 3.84. The highest BCUT2D eigenvalue weighted by Gasteiger charge is 2.58. The molecule has 0 radical (unpaired) electrons. The van der Waals surface area contributed by atoms with E-state index in [2.05, 4.69) is 27.4 Å². The molecular weight excluding hydrogens is 840 g/mol. The number of carboxylic acids is 1. The number of aliphatic carboxylic acids is 1. The van der Waals surface area contributed by atoms with Crippen LogP contribution in [0.4, 0.5) is 11.4 Å². The van der Waals surface area contributed by atoms with E-state index in [0.717, 1.165) is 137 Å². The Morgan fingerprint density at radius 1 is 0.723 bits per heavy atom. The standard InChI is InChI=1S/C51H65ClN8O5/c1-5-65-32-50-16-14-48(30-50,15-17-50)22-26-59-24-12-41-39(28-59)54-44(58(41)4)46(62)56-37-11-7-9-35(42(37)52)34-8-6-10-36(33(34)2)55-45(61)43-53-38-29-60(25-13-40(38)57(43)3)27-23-49-18-20-51(31-49,21-19-49)47(63)64/h6-11H,5,12-32H2,1-4H3,(H,55,61)(H,56,62)(H,63,64). The molecule has 6 aliphatic rings. The molecule has 65 heavy (non-hydrogen) atoms. The second kappa shape index (κ2) is 16.9. The van der Waals surface area contributed by atoms with Crippen molar-refractivity contribution in [2.24, 2.45) is 35.8 Å². The number of carbonyl (C=O) groups is 3. The van der Waals surface area contributed by atoms with E-state index >= 15 is 0 Å². The van der Waals surface area contributed by atoms with E-state index in [9.17, 15) is 19.5 Å². The van der Waals surface area contributed by atoms with Gasteiger partial charge in [0.2, 0.25) is 0 Å². The number of benzene rings is 2. The van der Waals surface area contributed by atoms with E-state index in [0.29, 0.717) is 45.4 Å². The number of rotatable bonds is 15. The van der Waals surface area contributed by atoms with Gasteiger partial charge < -0.3 is 29.6 Å². The lowest BCUT2D eigenvalue weighted by molar-refractivity contribution is -0.148. The summed E-state index contributed by atoms with van der Waals surface area (Å²) in [5, 5.41) is 16.5. The van der Waals surface area contributed by atoms with Gasteiger partial charge in [-0.1, -0.05) is 35.9 Å². The predicted octanol–water partition coefficient (Wildman–Crippen LogP) is 8.81. The van der Waals surface area contributed by atoms with Gasteiger partial charge in [0.1, 0.15) is 0 Å². The molecule has 2 aliphatic heterocycles. The van der Waals surface area contributed by atoms with E-state index in [-0.39, 0.29) is 17.2 Å². The molecule has 2 amide bonds. The van der Waals surface area contributed by atoms with Gasteiger partial charge in [-0.25, -0.2) is 9.97 Å². The molecule has 4 aromatic rings. The number of amides is 2. The smallest absolute Gasteiger partial charge is 0.309 e. The maximum Gasteiger partial charge on any atom is 0.309 e. The Morgan fingerprint density at radius 2 is 1.23 bits per heavy atom. The first kappa shape index (κ1) is 44.3. The van der Waals surface area contributed by atoms with Gasteiger partial charge in [-0.3, -0.25) is 24.2 Å². The summed E-state index contributed by atoms with van der Waals surface area (Å²) >= 11 is 7.11. The molecule has 4 saturated carbocycles. The number of imidazole rings is 2. The SMILES string of the molecule is CCOCC12CCC(CCN3CCc4c(nc(C(=O)Nc5cccc(-c6cccc(NC(=O)c7nc8c(n7C)CCN(CCC79CCC(C(=O)O)(CC7)C9)C8)c6C)c5Cl)n4C)C3)(CC1)C2. The zero-order valence-corrected chi connectivity index (χ0v) is 39.4. The first-order valence-corrected chi connectivity index (χ1v) is 24.5. The van der Waals surface area contributed by atoms with Crippen molar-refractivity contribution in [3.8, 4) is 11.1 Å². The van der Waals surface area contributed by atoms with Crippen molar-refractivity contribution in [2.75, 3.05) is 50.0 Å². The molecule has 0 spiro atoms. The van der Waals surface area contributed by atoms with Crippen molar-refractivity contribution in [1.29, 1.82) is 0 Å². The number of halogens is 1. The maximum atomic E-state index is 13.9. The van der Waals surface area contributed by atoms with Crippen molar-refractivity contribution in [3.05, 3.63) is 81.4 Å². The van der Waals surface area contributed by atoms with Gasteiger partial charge in [-0.2, -0.15) is 0 Å². The fraction of sp³-hybridized carbons (Fsp3) is 0.588. The Labute approximate surface area is 387 Å². The Kier molecular flexibility index (Phi) is 11.5. The topological polar surface area (TPSA) is 147 Å². The predicted molar refractivity (Wildman–Crippen MR) is 251 cm³/mol. The van der Waals surface area contributed by atoms with Crippen LogP contribution < -0.4 is 10.6 Å². The van der Waals surface area contributed by atoms with Crippen molar-refractivity contribution < 1.29 is 24.2 Å². The largest absolute Gasteiger partial charge is 0.481 e. The number of fused-ring (bicyclic) bond motifs is 6. The number of carbonyl (C=O) groups excluding carboxylic acids is 2. The average molecular weight is 906 g/mol. The third kappa shape index (κ3) is 8.01. The van der Waals surface area contributed by atoms with E-state index in [1.807, 2.05) is 60.5 Å². The number of nitrogens with zero attached hydrogens (tertiary/aromatic N) is 6. The molecule has 2 aromatic carbocycles. The summed E-state index contributed by atoms with van der Waals surface area (Å²) in [6.45, 7) is 11.0.